The van der Waals surface area contributed by atoms with Crippen molar-refractivity contribution >= 4 is 15.7 Å². The molecule has 1 heterocycles. The Morgan fingerprint density at radius 3 is 2.50 bits per heavy atom. The number of carbonyl (C=O) groups is 1. The van der Waals surface area contributed by atoms with Gasteiger partial charge in [-0.1, -0.05) is 42.4 Å². The second-order valence-electron chi connectivity index (χ2n) is 6.89. The molecular formula is C22H24N2O5S. The van der Waals surface area contributed by atoms with Crippen molar-refractivity contribution in [1.82, 2.24) is 10.5 Å². The number of hydrogen-bond donors (Lipinski definition) is 2. The zero-order valence-electron chi connectivity index (χ0n) is 16.6. The number of amides is 1. The van der Waals surface area contributed by atoms with Gasteiger partial charge in [0.25, 0.3) is 5.91 Å². The van der Waals surface area contributed by atoms with Crippen LogP contribution < -0.4 is 5.32 Å². The minimum absolute atomic E-state index is 0.0952. The van der Waals surface area contributed by atoms with Gasteiger partial charge in [-0.05, 0) is 42.7 Å². The third kappa shape index (κ3) is 5.34. The highest BCUT2D eigenvalue weighted by Crippen LogP contribution is 2.23. The molecule has 3 rings (SSSR count). The summed E-state index contributed by atoms with van der Waals surface area (Å²) in [5, 5.41) is 16.6. The van der Waals surface area contributed by atoms with Crippen molar-refractivity contribution in [3.63, 3.8) is 0 Å². The molecule has 30 heavy (non-hydrogen) atoms. The van der Waals surface area contributed by atoms with Crippen LogP contribution in [-0.4, -0.2) is 36.9 Å². The fourth-order valence-corrected chi connectivity index (χ4v) is 4.31. The minimum atomic E-state index is -3.29. The molecule has 1 amide bonds. The lowest BCUT2D eigenvalue weighted by molar-refractivity contribution is 0.0933. The van der Waals surface area contributed by atoms with Crippen molar-refractivity contribution in [3.05, 3.63) is 71.9 Å². The number of aromatic nitrogens is 1. The first kappa shape index (κ1) is 21.7. The molecule has 2 aromatic carbocycles. The second kappa shape index (κ2) is 9.69. The monoisotopic (exact) mass is 428 g/mol. The summed E-state index contributed by atoms with van der Waals surface area (Å²) in [6.07, 6.45) is 0.253. The van der Waals surface area contributed by atoms with Gasteiger partial charge in [-0.15, -0.1) is 0 Å². The highest BCUT2D eigenvalue weighted by Gasteiger charge is 2.16. The topological polar surface area (TPSA) is 110 Å². The van der Waals surface area contributed by atoms with Crippen LogP contribution in [0.2, 0.25) is 0 Å². The van der Waals surface area contributed by atoms with E-state index in [1.807, 2.05) is 37.3 Å². The smallest absolute Gasteiger partial charge is 0.273 e. The molecule has 0 saturated heterocycles. The van der Waals surface area contributed by atoms with E-state index in [1.54, 1.807) is 12.1 Å². The van der Waals surface area contributed by atoms with Crippen molar-refractivity contribution in [2.24, 2.45) is 0 Å². The highest BCUT2D eigenvalue weighted by atomic mass is 32.2. The number of rotatable bonds is 9. The van der Waals surface area contributed by atoms with Crippen molar-refractivity contribution in [3.8, 4) is 11.3 Å². The highest BCUT2D eigenvalue weighted by molar-refractivity contribution is 7.91. The van der Waals surface area contributed by atoms with Gasteiger partial charge < -0.3 is 14.9 Å². The Bertz CT molecular complexity index is 1080. The Labute approximate surface area is 175 Å². The summed E-state index contributed by atoms with van der Waals surface area (Å²) < 4.78 is 29.4. The number of carbonyl (C=O) groups excluding carboxylic acids is 1. The van der Waals surface area contributed by atoms with Crippen molar-refractivity contribution in [2.45, 2.75) is 30.8 Å². The normalized spacial score (nSPS) is 12.5. The van der Waals surface area contributed by atoms with Gasteiger partial charge in [0, 0.05) is 18.2 Å². The van der Waals surface area contributed by atoms with E-state index in [-0.39, 0.29) is 22.9 Å². The average molecular weight is 429 g/mol. The largest absolute Gasteiger partial charge is 0.388 e. The van der Waals surface area contributed by atoms with E-state index in [4.69, 9.17) is 4.52 Å². The van der Waals surface area contributed by atoms with Crippen LogP contribution in [0.3, 0.4) is 0 Å². The maximum atomic E-state index is 12.3. The minimum Gasteiger partial charge on any atom is -0.388 e. The van der Waals surface area contributed by atoms with Gasteiger partial charge in [0.15, 0.2) is 21.3 Å². The summed E-state index contributed by atoms with van der Waals surface area (Å²) in [6, 6.07) is 17.0. The first-order chi connectivity index (χ1) is 14.4. The zero-order valence-corrected chi connectivity index (χ0v) is 17.4. The van der Waals surface area contributed by atoms with Gasteiger partial charge in [-0.2, -0.15) is 0 Å². The van der Waals surface area contributed by atoms with Crippen LogP contribution in [0.1, 0.15) is 41.9 Å². The molecule has 0 aliphatic carbocycles. The van der Waals surface area contributed by atoms with Gasteiger partial charge in [0.1, 0.15) is 0 Å². The molecule has 0 aliphatic rings. The standard InChI is InChI=1S/C22H24N2O5S/c1-2-14-30(27,28)18-10-8-17(9-11-18)21-15-19(24-29-21)22(26)23-13-12-20(25)16-6-4-3-5-7-16/h3-11,15,20,25H,2,12-14H2,1H3,(H,23,26). The van der Waals surface area contributed by atoms with Crippen LogP contribution in [0.25, 0.3) is 11.3 Å². The molecule has 0 radical (unpaired) electrons. The maximum Gasteiger partial charge on any atom is 0.273 e. The number of nitrogens with zero attached hydrogens (tertiary/aromatic N) is 1. The molecule has 0 aliphatic heterocycles. The van der Waals surface area contributed by atoms with Gasteiger partial charge in [-0.25, -0.2) is 8.42 Å². The predicted molar refractivity (Wildman–Crippen MR) is 113 cm³/mol. The zero-order chi connectivity index (χ0) is 21.6. The van der Waals surface area contributed by atoms with Crippen LogP contribution in [0.15, 0.2) is 70.1 Å². The molecule has 2 N–H and O–H groups in total. The summed E-state index contributed by atoms with van der Waals surface area (Å²) in [5.41, 5.74) is 1.53. The molecule has 0 fully saturated rings. The molecule has 8 heteroatoms. The van der Waals surface area contributed by atoms with E-state index < -0.39 is 21.8 Å². The summed E-state index contributed by atoms with van der Waals surface area (Å²) in [5.74, 6) is 0.0501. The summed E-state index contributed by atoms with van der Waals surface area (Å²) in [7, 11) is -3.29. The fourth-order valence-electron chi connectivity index (χ4n) is 2.99. The summed E-state index contributed by atoms with van der Waals surface area (Å²) in [4.78, 5) is 12.5. The molecule has 3 aromatic rings. The van der Waals surface area contributed by atoms with Crippen LogP contribution in [0.4, 0.5) is 0 Å². The molecule has 0 spiro atoms. The first-order valence-electron chi connectivity index (χ1n) is 9.72. The van der Waals surface area contributed by atoms with Crippen molar-refractivity contribution in [1.29, 1.82) is 0 Å². The van der Waals surface area contributed by atoms with Crippen LogP contribution in [0, 0.1) is 0 Å². The van der Waals surface area contributed by atoms with E-state index in [1.165, 1.54) is 18.2 Å². The molecular weight excluding hydrogens is 404 g/mol. The van der Waals surface area contributed by atoms with E-state index in [0.717, 1.165) is 5.56 Å². The van der Waals surface area contributed by atoms with Crippen LogP contribution in [0.5, 0.6) is 0 Å². The molecule has 158 valence electrons. The summed E-state index contributed by atoms with van der Waals surface area (Å²) in [6.45, 7) is 2.09. The Morgan fingerprint density at radius 2 is 1.83 bits per heavy atom. The van der Waals surface area contributed by atoms with Gasteiger partial charge in [0.05, 0.1) is 16.8 Å². The molecule has 0 bridgehead atoms. The lowest BCUT2D eigenvalue weighted by atomic mass is 10.1. The molecule has 1 atom stereocenters. The van der Waals surface area contributed by atoms with Crippen LogP contribution >= 0.6 is 0 Å². The molecule has 1 aromatic heterocycles. The van der Waals surface area contributed by atoms with E-state index in [9.17, 15) is 18.3 Å². The third-order valence-electron chi connectivity index (χ3n) is 4.60. The van der Waals surface area contributed by atoms with E-state index >= 15 is 0 Å². The van der Waals surface area contributed by atoms with Gasteiger partial charge >= 0.3 is 0 Å². The summed E-state index contributed by atoms with van der Waals surface area (Å²) >= 11 is 0. The average Bonchev–Trinajstić information content (AvgIpc) is 3.25. The molecule has 1 unspecified atom stereocenters. The number of sulfone groups is 1. The predicted octanol–water partition coefficient (Wildman–Crippen LogP) is 3.38. The number of nitrogens with one attached hydrogen (secondary N) is 1. The van der Waals surface area contributed by atoms with Crippen molar-refractivity contribution in [2.75, 3.05) is 12.3 Å². The number of aliphatic hydroxyl groups excluding tert-OH is 1. The van der Waals surface area contributed by atoms with Crippen molar-refractivity contribution < 1.29 is 22.8 Å². The second-order valence-corrected chi connectivity index (χ2v) is 9.00. The van der Waals surface area contributed by atoms with Crippen LogP contribution in [-0.2, 0) is 9.84 Å². The first-order valence-corrected chi connectivity index (χ1v) is 11.4. The Hall–Kier alpha value is -2.97. The van der Waals surface area contributed by atoms with Gasteiger partial charge in [-0.3, -0.25) is 4.79 Å². The van der Waals surface area contributed by atoms with E-state index in [2.05, 4.69) is 10.5 Å². The number of aliphatic hydroxyl groups is 1. The Balaban J connectivity index is 1.58. The van der Waals surface area contributed by atoms with E-state index in [0.29, 0.717) is 24.2 Å². The Morgan fingerprint density at radius 1 is 1.13 bits per heavy atom. The third-order valence-corrected chi connectivity index (χ3v) is 6.54. The lowest BCUT2D eigenvalue weighted by Gasteiger charge is -2.10. The molecule has 0 saturated carbocycles. The Kier molecular flexibility index (Phi) is 7.02. The van der Waals surface area contributed by atoms with Gasteiger partial charge in [0.2, 0.25) is 0 Å². The quantitative estimate of drug-likeness (QED) is 0.541. The lowest BCUT2D eigenvalue weighted by Crippen LogP contribution is -2.25. The fraction of sp³-hybridized carbons (Fsp3) is 0.273. The number of benzene rings is 2. The maximum absolute atomic E-state index is 12.3. The SMILES string of the molecule is CCCS(=O)(=O)c1ccc(-c2cc(C(=O)NCCC(O)c3ccccc3)no2)cc1. The molecule has 7 nitrogen and oxygen atoms in total. The number of hydrogen-bond acceptors (Lipinski definition) is 6.